The van der Waals surface area contributed by atoms with Gasteiger partial charge in [-0.2, -0.15) is 4.31 Å². The molecule has 1 aliphatic heterocycles. The Morgan fingerprint density at radius 1 is 1.09 bits per heavy atom. The van der Waals surface area contributed by atoms with E-state index in [4.69, 9.17) is 4.74 Å². The SMILES string of the molecule is C/C=C\C=C/CCNC1CC[C@H](C)N(Cc2ccc(OCc3ccncc3)cc2)S1(=O)=O. The molecule has 3 rings (SSSR count). The van der Waals surface area contributed by atoms with Crippen molar-refractivity contribution in [1.29, 1.82) is 0 Å². The van der Waals surface area contributed by atoms with Gasteiger partial charge < -0.3 is 4.74 Å². The van der Waals surface area contributed by atoms with Crippen molar-refractivity contribution in [3.8, 4) is 5.75 Å². The molecule has 1 aromatic carbocycles. The number of hydrogen-bond acceptors (Lipinski definition) is 5. The van der Waals surface area contributed by atoms with Crippen LogP contribution in [0.5, 0.6) is 5.75 Å². The van der Waals surface area contributed by atoms with Crippen molar-refractivity contribution in [2.45, 2.75) is 57.7 Å². The zero-order chi connectivity index (χ0) is 22.8. The second-order valence-electron chi connectivity index (χ2n) is 7.99. The molecular formula is C25H33N3O3S. The lowest BCUT2D eigenvalue weighted by molar-refractivity contribution is 0.272. The highest BCUT2D eigenvalue weighted by atomic mass is 32.2. The summed E-state index contributed by atoms with van der Waals surface area (Å²) < 4.78 is 33.9. The zero-order valence-electron chi connectivity index (χ0n) is 18.9. The van der Waals surface area contributed by atoms with E-state index in [1.54, 1.807) is 16.7 Å². The summed E-state index contributed by atoms with van der Waals surface area (Å²) in [6.45, 7) is 5.43. The van der Waals surface area contributed by atoms with E-state index in [0.717, 1.165) is 29.7 Å². The largest absolute Gasteiger partial charge is 0.489 e. The average molecular weight is 456 g/mol. The van der Waals surface area contributed by atoms with Crippen LogP contribution in [0.25, 0.3) is 0 Å². The van der Waals surface area contributed by atoms with Gasteiger partial charge in [0, 0.05) is 25.0 Å². The number of rotatable bonds is 10. The number of nitrogens with zero attached hydrogens (tertiary/aromatic N) is 2. The summed E-state index contributed by atoms with van der Waals surface area (Å²) in [5, 5.41) is 2.71. The second kappa shape index (κ2) is 11.9. The maximum Gasteiger partial charge on any atom is 0.230 e. The third-order valence-corrected chi connectivity index (χ3v) is 7.83. The van der Waals surface area contributed by atoms with Crippen molar-refractivity contribution in [2.75, 3.05) is 6.54 Å². The van der Waals surface area contributed by atoms with Crippen LogP contribution in [0.15, 0.2) is 73.1 Å². The first kappa shape index (κ1) is 24.2. The van der Waals surface area contributed by atoms with E-state index in [1.807, 2.05) is 74.5 Å². The van der Waals surface area contributed by atoms with Crippen LogP contribution >= 0.6 is 0 Å². The summed E-state index contributed by atoms with van der Waals surface area (Å²) >= 11 is 0. The molecule has 2 aromatic rings. The molecule has 1 aromatic heterocycles. The molecule has 0 amide bonds. The lowest BCUT2D eigenvalue weighted by Crippen LogP contribution is -2.53. The van der Waals surface area contributed by atoms with Crippen LogP contribution in [0, 0.1) is 0 Å². The molecule has 1 aliphatic rings. The molecule has 7 heteroatoms. The van der Waals surface area contributed by atoms with Crippen molar-refractivity contribution in [1.82, 2.24) is 14.6 Å². The molecule has 1 saturated heterocycles. The van der Waals surface area contributed by atoms with E-state index in [2.05, 4.69) is 10.3 Å². The lowest BCUT2D eigenvalue weighted by Gasteiger charge is -2.37. The fourth-order valence-corrected chi connectivity index (χ4v) is 5.71. The van der Waals surface area contributed by atoms with Gasteiger partial charge in [-0.1, -0.05) is 36.4 Å². The smallest absolute Gasteiger partial charge is 0.230 e. The highest BCUT2D eigenvalue weighted by Crippen LogP contribution is 2.27. The minimum Gasteiger partial charge on any atom is -0.489 e. The third kappa shape index (κ3) is 6.76. The van der Waals surface area contributed by atoms with Crippen molar-refractivity contribution in [3.05, 3.63) is 84.2 Å². The molecular weight excluding hydrogens is 422 g/mol. The summed E-state index contributed by atoms with van der Waals surface area (Å²) in [6.07, 6.45) is 13.7. The van der Waals surface area contributed by atoms with E-state index in [-0.39, 0.29) is 6.04 Å². The molecule has 0 saturated carbocycles. The first-order valence-corrected chi connectivity index (χ1v) is 12.6. The van der Waals surface area contributed by atoms with Crippen molar-refractivity contribution in [2.24, 2.45) is 0 Å². The second-order valence-corrected chi connectivity index (χ2v) is 10.1. The molecule has 6 nitrogen and oxygen atoms in total. The fraction of sp³-hybridized carbons (Fsp3) is 0.400. The molecule has 0 bridgehead atoms. The van der Waals surface area contributed by atoms with E-state index < -0.39 is 15.4 Å². The van der Waals surface area contributed by atoms with Gasteiger partial charge in [-0.05, 0) is 75.0 Å². The number of sulfonamides is 1. The minimum atomic E-state index is -3.42. The van der Waals surface area contributed by atoms with Crippen LogP contribution in [-0.4, -0.2) is 35.7 Å². The maximum absolute atomic E-state index is 13.2. The summed E-state index contributed by atoms with van der Waals surface area (Å²) in [5.41, 5.74) is 2.00. The molecule has 1 unspecified atom stereocenters. The highest BCUT2D eigenvalue weighted by molar-refractivity contribution is 7.89. The van der Waals surface area contributed by atoms with Crippen LogP contribution in [0.3, 0.4) is 0 Å². The Morgan fingerprint density at radius 3 is 2.56 bits per heavy atom. The molecule has 32 heavy (non-hydrogen) atoms. The predicted molar refractivity (Wildman–Crippen MR) is 129 cm³/mol. The van der Waals surface area contributed by atoms with E-state index >= 15 is 0 Å². The lowest BCUT2D eigenvalue weighted by atomic mass is 10.1. The molecule has 2 heterocycles. The Hall–Kier alpha value is -2.48. The predicted octanol–water partition coefficient (Wildman–Crippen LogP) is 4.41. The van der Waals surface area contributed by atoms with Gasteiger partial charge in [-0.25, -0.2) is 8.42 Å². The Balaban J connectivity index is 1.57. The number of aromatic nitrogens is 1. The van der Waals surface area contributed by atoms with E-state index in [9.17, 15) is 8.42 Å². The van der Waals surface area contributed by atoms with Gasteiger partial charge in [0.25, 0.3) is 0 Å². The van der Waals surface area contributed by atoms with Crippen molar-refractivity contribution in [3.63, 3.8) is 0 Å². The minimum absolute atomic E-state index is 0.0183. The quantitative estimate of drug-likeness (QED) is 0.424. The maximum atomic E-state index is 13.2. The van der Waals surface area contributed by atoms with Crippen molar-refractivity contribution < 1.29 is 13.2 Å². The van der Waals surface area contributed by atoms with Crippen LogP contribution in [-0.2, 0) is 23.2 Å². The summed E-state index contributed by atoms with van der Waals surface area (Å²) in [7, 11) is -3.42. The monoisotopic (exact) mass is 455 g/mol. The first-order chi connectivity index (χ1) is 15.5. The highest BCUT2D eigenvalue weighted by Gasteiger charge is 2.39. The first-order valence-electron chi connectivity index (χ1n) is 11.1. The van der Waals surface area contributed by atoms with Crippen LogP contribution in [0.4, 0.5) is 0 Å². The number of hydrogen-bond donors (Lipinski definition) is 1. The Bertz CT molecular complexity index is 989. The zero-order valence-corrected chi connectivity index (χ0v) is 19.7. The average Bonchev–Trinajstić information content (AvgIpc) is 2.80. The molecule has 0 spiro atoms. The van der Waals surface area contributed by atoms with Gasteiger partial charge in [0.1, 0.15) is 17.7 Å². The van der Waals surface area contributed by atoms with Gasteiger partial charge in [0.05, 0.1) is 0 Å². The van der Waals surface area contributed by atoms with Gasteiger partial charge in [-0.15, -0.1) is 0 Å². The fourth-order valence-electron chi connectivity index (χ4n) is 3.68. The normalized spacial score (nSPS) is 21.3. The van der Waals surface area contributed by atoms with Crippen molar-refractivity contribution >= 4 is 10.0 Å². The number of benzene rings is 1. The number of pyridine rings is 1. The standard InChI is InChI=1S/C25H33N3O3S/c1-3-4-5-6-7-16-27-25-13-8-21(2)28(32(25,29)30)19-22-9-11-24(12-10-22)31-20-23-14-17-26-18-15-23/h3-6,9-12,14-15,17-18,21,25,27H,7-8,13,16,19-20H2,1-2H3/b4-3-,6-5-/t21-,25?/m0/s1. The number of allylic oxidation sites excluding steroid dienone is 3. The molecule has 0 radical (unpaired) electrons. The third-order valence-electron chi connectivity index (χ3n) is 5.56. The Labute approximate surface area is 192 Å². The molecule has 1 N–H and O–H groups in total. The molecule has 2 atom stereocenters. The van der Waals surface area contributed by atoms with Crippen LogP contribution < -0.4 is 10.1 Å². The van der Waals surface area contributed by atoms with Crippen LogP contribution in [0.2, 0.25) is 0 Å². The Morgan fingerprint density at radius 2 is 1.84 bits per heavy atom. The number of nitrogens with one attached hydrogen (secondary N) is 1. The molecule has 1 fully saturated rings. The Kier molecular flexibility index (Phi) is 9.02. The summed E-state index contributed by atoms with van der Waals surface area (Å²) in [5.74, 6) is 0.755. The van der Waals surface area contributed by atoms with Gasteiger partial charge in [0.2, 0.25) is 10.0 Å². The summed E-state index contributed by atoms with van der Waals surface area (Å²) in [6, 6.07) is 11.5. The topological polar surface area (TPSA) is 71.5 Å². The van der Waals surface area contributed by atoms with Crippen LogP contribution in [0.1, 0.15) is 44.2 Å². The van der Waals surface area contributed by atoms with Gasteiger partial charge in [0.15, 0.2) is 0 Å². The molecule has 0 aliphatic carbocycles. The van der Waals surface area contributed by atoms with E-state index in [0.29, 0.717) is 26.1 Å². The number of ether oxygens (including phenoxy) is 1. The van der Waals surface area contributed by atoms with Gasteiger partial charge in [-0.3, -0.25) is 10.3 Å². The van der Waals surface area contributed by atoms with Gasteiger partial charge >= 0.3 is 0 Å². The summed E-state index contributed by atoms with van der Waals surface area (Å²) in [4.78, 5) is 4.00. The molecule has 172 valence electrons. The van der Waals surface area contributed by atoms with E-state index in [1.165, 1.54) is 0 Å².